The minimum Gasteiger partial charge on any atom is -0.468 e. The number of unbranched alkanes of at least 4 members (excludes halogenated alkanes) is 1. The molecule has 6 atom stereocenters. The number of hydrogen-bond donors (Lipinski definition) is 0. The molecule has 0 amide bonds. The standard InChI is InChI=1S/C40H66O11/c1-39(2,3)51-37(41)27-48-24-23-47-22-21-46-20-19-45-18-17-44-16-8-7-9-30-25-31-26-32(49-28-42-5)10-11-33(31)34-14-15-40(4)35(38(30)34)12-13-36(40)50-29-43-6/h10-11,26,30,34-36,38H,7-9,12-25,27-29H2,1-6H3/t30-,34-,35+,36+,38-,40+/m1/s1. The second-order valence-corrected chi connectivity index (χ2v) is 15.4. The first-order valence-electron chi connectivity index (χ1n) is 19.1. The average molecular weight is 723 g/mol. The van der Waals surface area contributed by atoms with Crippen LogP contribution in [-0.4, -0.2) is 112 Å². The molecule has 11 heteroatoms. The number of benzene rings is 1. The molecule has 2 fully saturated rings. The van der Waals surface area contributed by atoms with E-state index < -0.39 is 5.60 Å². The lowest BCUT2D eigenvalue weighted by atomic mass is 9.52. The molecule has 292 valence electrons. The van der Waals surface area contributed by atoms with E-state index in [-0.39, 0.29) is 30.9 Å². The van der Waals surface area contributed by atoms with Gasteiger partial charge < -0.3 is 47.4 Å². The SMILES string of the molecule is COCOc1ccc2c(c1)C[C@@H](CCCCOCCOCCOCCOCCOCC(=O)OC(C)(C)C)[C@@H]1[C@@H]2CC[C@]2(C)[C@@H](OCOC)CC[C@@H]12. The minimum absolute atomic E-state index is 0.0740. The first-order valence-corrected chi connectivity index (χ1v) is 19.1. The Morgan fingerprint density at radius 2 is 1.45 bits per heavy atom. The van der Waals surface area contributed by atoms with Crippen LogP contribution in [0.1, 0.15) is 89.7 Å². The maximum Gasteiger partial charge on any atom is 0.332 e. The number of carbonyl (C=O) groups excluding carboxylic acids is 1. The molecule has 11 nitrogen and oxygen atoms in total. The van der Waals surface area contributed by atoms with Crippen molar-refractivity contribution in [2.24, 2.45) is 23.2 Å². The fourth-order valence-electron chi connectivity index (χ4n) is 8.66. The van der Waals surface area contributed by atoms with Crippen LogP contribution in [0.5, 0.6) is 5.75 Å². The third-order valence-electron chi connectivity index (χ3n) is 10.8. The first kappa shape index (κ1) is 41.9. The summed E-state index contributed by atoms with van der Waals surface area (Å²) in [7, 11) is 3.38. The molecule has 0 unspecified atom stereocenters. The molecule has 0 radical (unpaired) electrons. The van der Waals surface area contributed by atoms with E-state index in [4.69, 9.17) is 47.4 Å². The third kappa shape index (κ3) is 13.2. The molecule has 0 spiro atoms. The predicted octanol–water partition coefficient (Wildman–Crippen LogP) is 6.34. The summed E-state index contributed by atoms with van der Waals surface area (Å²) in [6.07, 6.45) is 9.57. The number of carbonyl (C=O) groups is 1. The van der Waals surface area contributed by atoms with Gasteiger partial charge in [0.05, 0.1) is 59.0 Å². The van der Waals surface area contributed by atoms with Crippen LogP contribution in [-0.2, 0) is 53.8 Å². The highest BCUT2D eigenvalue weighted by Crippen LogP contribution is 2.63. The van der Waals surface area contributed by atoms with E-state index in [0.717, 1.165) is 38.0 Å². The van der Waals surface area contributed by atoms with Gasteiger partial charge in [0.2, 0.25) is 0 Å². The Morgan fingerprint density at radius 1 is 0.804 bits per heavy atom. The normalized spacial score (nSPS) is 25.6. The van der Waals surface area contributed by atoms with E-state index in [1.165, 1.54) is 36.8 Å². The van der Waals surface area contributed by atoms with Gasteiger partial charge in [0.1, 0.15) is 24.8 Å². The Labute approximate surface area is 306 Å². The summed E-state index contributed by atoms with van der Waals surface area (Å²) in [6.45, 7) is 13.1. The highest BCUT2D eigenvalue weighted by Gasteiger charge is 2.57. The van der Waals surface area contributed by atoms with E-state index >= 15 is 0 Å². The third-order valence-corrected chi connectivity index (χ3v) is 10.8. The second-order valence-electron chi connectivity index (χ2n) is 15.4. The molecule has 4 rings (SSSR count). The van der Waals surface area contributed by atoms with Crippen molar-refractivity contribution in [2.45, 2.75) is 96.7 Å². The van der Waals surface area contributed by atoms with Gasteiger partial charge in [0.25, 0.3) is 0 Å². The summed E-state index contributed by atoms with van der Waals surface area (Å²) in [4.78, 5) is 11.6. The van der Waals surface area contributed by atoms with E-state index in [2.05, 4.69) is 25.1 Å². The molecule has 0 bridgehead atoms. The van der Waals surface area contributed by atoms with E-state index in [0.29, 0.717) is 83.3 Å². The number of esters is 1. The molecule has 0 N–H and O–H groups in total. The Balaban J connectivity index is 1.09. The summed E-state index contributed by atoms with van der Waals surface area (Å²) in [6, 6.07) is 6.72. The van der Waals surface area contributed by atoms with E-state index in [1.54, 1.807) is 14.2 Å². The summed E-state index contributed by atoms with van der Waals surface area (Å²) in [5.41, 5.74) is 2.69. The van der Waals surface area contributed by atoms with Gasteiger partial charge >= 0.3 is 5.97 Å². The topological polar surface area (TPSA) is 109 Å². The van der Waals surface area contributed by atoms with Gasteiger partial charge in [-0.2, -0.15) is 0 Å². The van der Waals surface area contributed by atoms with Gasteiger partial charge in [0, 0.05) is 20.8 Å². The molecular weight excluding hydrogens is 656 g/mol. The molecule has 1 aromatic carbocycles. The first-order chi connectivity index (χ1) is 24.7. The Bertz CT molecular complexity index is 1140. The zero-order chi connectivity index (χ0) is 36.5. The summed E-state index contributed by atoms with van der Waals surface area (Å²) < 4.78 is 55.7. The van der Waals surface area contributed by atoms with E-state index in [9.17, 15) is 4.79 Å². The molecule has 0 heterocycles. The number of methoxy groups -OCH3 is 2. The molecule has 0 aliphatic heterocycles. The lowest BCUT2D eigenvalue weighted by molar-refractivity contribution is -0.160. The van der Waals surface area contributed by atoms with Gasteiger partial charge in [-0.1, -0.05) is 19.4 Å². The highest BCUT2D eigenvalue weighted by atomic mass is 16.7. The maximum atomic E-state index is 11.6. The van der Waals surface area contributed by atoms with Gasteiger partial charge in [-0.05, 0) is 118 Å². The zero-order valence-electron chi connectivity index (χ0n) is 32.3. The lowest BCUT2D eigenvalue weighted by Crippen LogP contribution is -2.47. The molecule has 2 saturated carbocycles. The number of hydrogen-bond acceptors (Lipinski definition) is 11. The second kappa shape index (κ2) is 21.8. The van der Waals surface area contributed by atoms with Crippen molar-refractivity contribution < 1.29 is 52.2 Å². The van der Waals surface area contributed by atoms with Crippen molar-refractivity contribution in [1.82, 2.24) is 0 Å². The molecule has 0 saturated heterocycles. The van der Waals surface area contributed by atoms with Crippen molar-refractivity contribution in [2.75, 3.05) is 93.9 Å². The number of ether oxygens (including phenoxy) is 10. The monoisotopic (exact) mass is 722 g/mol. The summed E-state index contributed by atoms with van der Waals surface area (Å²) in [5, 5.41) is 0. The molecule has 1 aromatic rings. The van der Waals surface area contributed by atoms with E-state index in [1.807, 2.05) is 20.8 Å². The maximum absolute atomic E-state index is 11.6. The van der Waals surface area contributed by atoms with Crippen molar-refractivity contribution in [3.05, 3.63) is 29.3 Å². The summed E-state index contributed by atoms with van der Waals surface area (Å²) in [5.74, 6) is 3.09. The van der Waals surface area contributed by atoms with Gasteiger partial charge in [0.15, 0.2) is 6.79 Å². The Hall–Kier alpha value is -1.83. The highest BCUT2D eigenvalue weighted by molar-refractivity contribution is 5.71. The van der Waals surface area contributed by atoms with Gasteiger partial charge in [-0.3, -0.25) is 0 Å². The van der Waals surface area contributed by atoms with Gasteiger partial charge in [-0.25, -0.2) is 4.79 Å². The quantitative estimate of drug-likeness (QED) is 0.0642. The van der Waals surface area contributed by atoms with Crippen LogP contribution in [0.25, 0.3) is 0 Å². The van der Waals surface area contributed by atoms with Crippen LogP contribution in [0.15, 0.2) is 18.2 Å². The Kier molecular flexibility index (Phi) is 17.9. The fourth-order valence-corrected chi connectivity index (χ4v) is 8.66. The van der Waals surface area contributed by atoms with Crippen molar-refractivity contribution >= 4 is 5.97 Å². The average Bonchev–Trinajstić information content (AvgIpc) is 3.43. The Morgan fingerprint density at radius 3 is 2.10 bits per heavy atom. The molecule has 3 aliphatic carbocycles. The smallest absolute Gasteiger partial charge is 0.332 e. The molecule has 0 aromatic heterocycles. The largest absolute Gasteiger partial charge is 0.468 e. The lowest BCUT2D eigenvalue weighted by Gasteiger charge is -2.53. The van der Waals surface area contributed by atoms with Crippen molar-refractivity contribution in [3.63, 3.8) is 0 Å². The molecular formula is C40H66O11. The zero-order valence-corrected chi connectivity index (χ0v) is 32.3. The minimum atomic E-state index is -0.508. The van der Waals surface area contributed by atoms with Crippen LogP contribution >= 0.6 is 0 Å². The van der Waals surface area contributed by atoms with Crippen LogP contribution < -0.4 is 4.74 Å². The predicted molar refractivity (Wildman–Crippen MR) is 193 cm³/mol. The fraction of sp³-hybridized carbons (Fsp3) is 0.825. The van der Waals surface area contributed by atoms with Crippen LogP contribution in [0, 0.1) is 23.2 Å². The van der Waals surface area contributed by atoms with Crippen molar-refractivity contribution in [3.8, 4) is 5.75 Å². The van der Waals surface area contributed by atoms with Crippen LogP contribution in [0.2, 0.25) is 0 Å². The molecule has 51 heavy (non-hydrogen) atoms. The number of fused-ring (bicyclic) bond motifs is 5. The van der Waals surface area contributed by atoms with Gasteiger partial charge in [-0.15, -0.1) is 0 Å². The number of rotatable bonds is 25. The molecule has 3 aliphatic rings. The van der Waals surface area contributed by atoms with Crippen LogP contribution in [0.3, 0.4) is 0 Å². The van der Waals surface area contributed by atoms with Crippen molar-refractivity contribution in [1.29, 1.82) is 0 Å². The summed E-state index contributed by atoms with van der Waals surface area (Å²) >= 11 is 0. The van der Waals surface area contributed by atoms with Crippen LogP contribution in [0.4, 0.5) is 0 Å².